The molecule has 0 saturated heterocycles. The molecule has 1 aromatic heterocycles. The standard InChI is InChI=1S/C20H17N3O2/c24-19(16-6-3-1-2-4-7-16)22-23-20(25)17-11-9-15(10-12-17)18-8-5-13-21-14-18/h1,3-14H,2H2,(H,22,24)(H,23,25). The van der Waals surface area contributed by atoms with Crippen molar-refractivity contribution in [1.29, 1.82) is 0 Å². The molecular weight excluding hydrogens is 314 g/mol. The number of carbonyl (C=O) groups is 2. The molecule has 1 heterocycles. The molecule has 3 rings (SSSR count). The van der Waals surface area contributed by atoms with Gasteiger partial charge in [-0.2, -0.15) is 0 Å². The highest BCUT2D eigenvalue weighted by Gasteiger charge is 2.10. The lowest BCUT2D eigenvalue weighted by molar-refractivity contribution is -0.117. The van der Waals surface area contributed by atoms with Crippen molar-refractivity contribution >= 4 is 11.8 Å². The predicted molar refractivity (Wildman–Crippen MR) is 96.3 cm³/mol. The maximum Gasteiger partial charge on any atom is 0.269 e. The molecule has 5 heteroatoms. The summed E-state index contributed by atoms with van der Waals surface area (Å²) < 4.78 is 0. The third-order valence-corrected chi connectivity index (χ3v) is 3.68. The van der Waals surface area contributed by atoms with Crippen LogP contribution in [0.1, 0.15) is 16.8 Å². The Morgan fingerprint density at radius 1 is 0.920 bits per heavy atom. The Kier molecular flexibility index (Phi) is 5.16. The monoisotopic (exact) mass is 331 g/mol. The number of allylic oxidation sites excluding steroid dienone is 4. The summed E-state index contributed by atoms with van der Waals surface area (Å²) in [5.74, 6) is -0.733. The molecule has 1 aromatic carbocycles. The largest absolute Gasteiger partial charge is 0.269 e. The van der Waals surface area contributed by atoms with Crippen LogP contribution in [0.3, 0.4) is 0 Å². The Labute approximate surface area is 145 Å². The van der Waals surface area contributed by atoms with Crippen molar-refractivity contribution in [2.24, 2.45) is 0 Å². The summed E-state index contributed by atoms with van der Waals surface area (Å²) in [6, 6.07) is 10.9. The van der Waals surface area contributed by atoms with E-state index in [9.17, 15) is 9.59 Å². The third-order valence-electron chi connectivity index (χ3n) is 3.68. The van der Waals surface area contributed by atoms with Crippen molar-refractivity contribution < 1.29 is 9.59 Å². The molecule has 5 nitrogen and oxygen atoms in total. The van der Waals surface area contributed by atoms with Crippen molar-refractivity contribution in [1.82, 2.24) is 15.8 Å². The van der Waals surface area contributed by atoms with Crippen LogP contribution in [0, 0.1) is 0 Å². The van der Waals surface area contributed by atoms with E-state index in [1.807, 2.05) is 42.5 Å². The minimum atomic E-state index is -0.375. The van der Waals surface area contributed by atoms with E-state index in [-0.39, 0.29) is 11.8 Å². The Morgan fingerprint density at radius 3 is 2.48 bits per heavy atom. The van der Waals surface area contributed by atoms with Crippen LogP contribution in [0.5, 0.6) is 0 Å². The van der Waals surface area contributed by atoms with E-state index >= 15 is 0 Å². The van der Waals surface area contributed by atoms with Gasteiger partial charge in [0.05, 0.1) is 0 Å². The van der Waals surface area contributed by atoms with Gasteiger partial charge in [-0.15, -0.1) is 0 Å². The zero-order chi connectivity index (χ0) is 17.5. The van der Waals surface area contributed by atoms with Gasteiger partial charge >= 0.3 is 0 Å². The van der Waals surface area contributed by atoms with Crippen LogP contribution in [0.15, 0.2) is 84.7 Å². The maximum atomic E-state index is 12.2. The Balaban J connectivity index is 1.61. The molecule has 0 radical (unpaired) electrons. The smallest absolute Gasteiger partial charge is 0.267 e. The minimum absolute atomic E-state index is 0.358. The highest BCUT2D eigenvalue weighted by molar-refractivity contribution is 6.00. The molecule has 2 N–H and O–H groups in total. The molecule has 0 saturated carbocycles. The quantitative estimate of drug-likeness (QED) is 0.850. The zero-order valence-electron chi connectivity index (χ0n) is 13.5. The molecule has 2 aromatic rings. The van der Waals surface area contributed by atoms with E-state index in [2.05, 4.69) is 15.8 Å². The number of benzene rings is 1. The number of aromatic nitrogens is 1. The molecule has 0 fully saturated rings. The van der Waals surface area contributed by atoms with Gasteiger partial charge in [0.25, 0.3) is 11.8 Å². The summed E-state index contributed by atoms with van der Waals surface area (Å²) in [6.07, 6.45) is 13.3. The SMILES string of the molecule is O=C(NNC(=O)c1ccc(-c2cccnc2)cc1)C1=CC=CCC=C1. The number of hydrogen-bond donors (Lipinski definition) is 2. The summed E-state index contributed by atoms with van der Waals surface area (Å²) in [7, 11) is 0. The summed E-state index contributed by atoms with van der Waals surface area (Å²) in [5, 5.41) is 0. The van der Waals surface area contributed by atoms with E-state index in [0.29, 0.717) is 11.1 Å². The Morgan fingerprint density at radius 2 is 1.72 bits per heavy atom. The van der Waals surface area contributed by atoms with Gasteiger partial charge in [-0.25, -0.2) is 0 Å². The van der Waals surface area contributed by atoms with Gasteiger partial charge in [0, 0.05) is 23.5 Å². The van der Waals surface area contributed by atoms with Crippen LogP contribution in [0.25, 0.3) is 11.1 Å². The van der Waals surface area contributed by atoms with Crippen molar-refractivity contribution in [3.8, 4) is 11.1 Å². The number of pyridine rings is 1. The highest BCUT2D eigenvalue weighted by Crippen LogP contribution is 2.18. The fourth-order valence-electron chi connectivity index (χ4n) is 2.34. The van der Waals surface area contributed by atoms with Gasteiger partial charge < -0.3 is 0 Å². The second-order valence-corrected chi connectivity index (χ2v) is 5.42. The normalized spacial score (nSPS) is 12.9. The van der Waals surface area contributed by atoms with Crippen LogP contribution in [-0.4, -0.2) is 16.8 Å². The van der Waals surface area contributed by atoms with Gasteiger partial charge in [-0.1, -0.05) is 42.5 Å². The maximum absolute atomic E-state index is 12.2. The Hall–Kier alpha value is -3.47. The second-order valence-electron chi connectivity index (χ2n) is 5.42. The van der Waals surface area contributed by atoms with Gasteiger partial charge in [-0.05, 0) is 41.8 Å². The number of nitrogens with one attached hydrogen (secondary N) is 2. The van der Waals surface area contributed by atoms with Crippen LogP contribution >= 0.6 is 0 Å². The summed E-state index contributed by atoms with van der Waals surface area (Å²) in [6.45, 7) is 0. The van der Waals surface area contributed by atoms with E-state index in [1.165, 1.54) is 0 Å². The third kappa shape index (κ3) is 4.29. The lowest BCUT2D eigenvalue weighted by Gasteiger charge is -2.08. The molecule has 1 aliphatic rings. The predicted octanol–water partition coefficient (Wildman–Crippen LogP) is 2.95. The number of amides is 2. The molecule has 124 valence electrons. The van der Waals surface area contributed by atoms with Gasteiger partial charge in [0.2, 0.25) is 0 Å². The molecule has 0 aliphatic heterocycles. The second kappa shape index (κ2) is 7.88. The zero-order valence-corrected chi connectivity index (χ0v) is 13.5. The van der Waals surface area contributed by atoms with Crippen LogP contribution in [0.2, 0.25) is 0 Å². The van der Waals surface area contributed by atoms with Gasteiger partial charge in [0.1, 0.15) is 0 Å². The lowest BCUT2D eigenvalue weighted by Crippen LogP contribution is -2.42. The van der Waals surface area contributed by atoms with Crippen molar-refractivity contribution in [3.63, 3.8) is 0 Å². The van der Waals surface area contributed by atoms with Crippen molar-refractivity contribution in [2.45, 2.75) is 6.42 Å². The van der Waals surface area contributed by atoms with E-state index in [0.717, 1.165) is 17.5 Å². The number of hydrogen-bond acceptors (Lipinski definition) is 3. The number of rotatable bonds is 3. The Bertz CT molecular complexity index is 850. The van der Waals surface area contributed by atoms with E-state index in [1.54, 1.807) is 36.7 Å². The minimum Gasteiger partial charge on any atom is -0.267 e. The van der Waals surface area contributed by atoms with E-state index in [4.69, 9.17) is 0 Å². The number of hydrazine groups is 1. The van der Waals surface area contributed by atoms with Gasteiger partial charge in [-0.3, -0.25) is 25.4 Å². The number of carbonyl (C=O) groups excluding carboxylic acids is 2. The van der Waals surface area contributed by atoms with Crippen molar-refractivity contribution in [3.05, 3.63) is 90.3 Å². The average molecular weight is 331 g/mol. The fourth-order valence-corrected chi connectivity index (χ4v) is 2.34. The average Bonchev–Trinajstić information content (AvgIpc) is 2.96. The molecule has 1 aliphatic carbocycles. The van der Waals surface area contributed by atoms with E-state index < -0.39 is 0 Å². The van der Waals surface area contributed by atoms with Gasteiger partial charge in [0.15, 0.2) is 0 Å². The molecule has 0 spiro atoms. The number of nitrogens with zero attached hydrogens (tertiary/aromatic N) is 1. The summed E-state index contributed by atoms with van der Waals surface area (Å²) in [4.78, 5) is 28.3. The fraction of sp³-hybridized carbons (Fsp3) is 0.0500. The van der Waals surface area contributed by atoms with Crippen LogP contribution in [0.4, 0.5) is 0 Å². The first kappa shape index (κ1) is 16.4. The lowest BCUT2D eigenvalue weighted by atomic mass is 10.1. The molecule has 25 heavy (non-hydrogen) atoms. The molecule has 2 amide bonds. The highest BCUT2D eigenvalue weighted by atomic mass is 16.2. The van der Waals surface area contributed by atoms with Crippen LogP contribution in [-0.2, 0) is 4.79 Å². The first-order chi connectivity index (χ1) is 12.2. The first-order valence-electron chi connectivity index (χ1n) is 7.88. The first-order valence-corrected chi connectivity index (χ1v) is 7.88. The van der Waals surface area contributed by atoms with Crippen LogP contribution < -0.4 is 10.9 Å². The summed E-state index contributed by atoms with van der Waals surface area (Å²) >= 11 is 0. The summed E-state index contributed by atoms with van der Waals surface area (Å²) in [5.41, 5.74) is 7.73. The molecule has 0 atom stereocenters. The topological polar surface area (TPSA) is 71.1 Å². The molecule has 0 unspecified atom stereocenters. The van der Waals surface area contributed by atoms with Crippen molar-refractivity contribution in [2.75, 3.05) is 0 Å². The molecule has 0 bridgehead atoms. The molecular formula is C20H17N3O2.